The van der Waals surface area contributed by atoms with Crippen LogP contribution < -0.4 is 5.32 Å². The summed E-state index contributed by atoms with van der Waals surface area (Å²) in [6.07, 6.45) is 0. The normalized spacial score (nSPS) is 12.7. The molecule has 1 aromatic heterocycles. The van der Waals surface area contributed by atoms with Gasteiger partial charge in [-0.15, -0.1) is 11.3 Å². The Hall–Kier alpha value is -1.26. The van der Waals surface area contributed by atoms with Crippen molar-refractivity contribution in [3.63, 3.8) is 0 Å². The highest BCUT2D eigenvalue weighted by Gasteiger charge is 2.11. The molecule has 0 bridgehead atoms. The molecule has 0 aliphatic rings. The second-order valence-corrected chi connectivity index (χ2v) is 5.38. The van der Waals surface area contributed by atoms with Crippen molar-refractivity contribution in [3.05, 3.63) is 40.0 Å². The first kappa shape index (κ1) is 13.2. The van der Waals surface area contributed by atoms with Crippen molar-refractivity contribution >= 4 is 11.3 Å². The summed E-state index contributed by atoms with van der Waals surface area (Å²) in [4.78, 5) is 4.58. The molecule has 1 aromatic carbocycles. The second-order valence-electron chi connectivity index (χ2n) is 4.49. The molecule has 0 saturated carbocycles. The lowest BCUT2D eigenvalue weighted by Crippen LogP contribution is -2.14. The van der Waals surface area contributed by atoms with E-state index in [1.54, 1.807) is 30.4 Å². The summed E-state index contributed by atoms with van der Waals surface area (Å²) in [5.41, 5.74) is 2.37. The lowest BCUT2D eigenvalue weighted by Gasteiger charge is -2.06. The molecule has 1 atom stereocenters. The summed E-state index contributed by atoms with van der Waals surface area (Å²) in [5.74, 6) is 0.203. The van der Waals surface area contributed by atoms with Crippen LogP contribution in [0.2, 0.25) is 0 Å². The Bertz CT molecular complexity index is 536. The van der Waals surface area contributed by atoms with Gasteiger partial charge in [0, 0.05) is 23.4 Å². The van der Waals surface area contributed by atoms with Gasteiger partial charge in [0.1, 0.15) is 5.82 Å². The highest BCUT2D eigenvalue weighted by Crippen LogP contribution is 2.27. The maximum absolute atomic E-state index is 13.5. The Balaban J connectivity index is 2.26. The molecule has 0 fully saturated rings. The number of likely N-dealkylation sites (N-methyl/N-ethyl adjacent to an activating group) is 1. The van der Waals surface area contributed by atoms with Crippen LogP contribution in [0.1, 0.15) is 23.4 Å². The molecule has 0 aliphatic heterocycles. The Morgan fingerprint density at radius 2 is 2.22 bits per heavy atom. The SMILES string of the molecule is CNCC(C)c1nc(-c2ccc(C)c(F)c2)cs1. The van der Waals surface area contributed by atoms with Crippen molar-refractivity contribution in [1.29, 1.82) is 0 Å². The van der Waals surface area contributed by atoms with Gasteiger partial charge in [-0.2, -0.15) is 0 Å². The molecule has 4 heteroatoms. The molecule has 0 spiro atoms. The van der Waals surface area contributed by atoms with E-state index in [9.17, 15) is 4.39 Å². The Labute approximate surface area is 111 Å². The number of nitrogens with one attached hydrogen (secondary N) is 1. The number of aryl methyl sites for hydroxylation is 1. The minimum Gasteiger partial charge on any atom is -0.319 e. The molecule has 2 nitrogen and oxygen atoms in total. The number of thiazole rings is 1. The Morgan fingerprint density at radius 3 is 2.89 bits per heavy atom. The van der Waals surface area contributed by atoms with E-state index in [4.69, 9.17) is 0 Å². The summed E-state index contributed by atoms with van der Waals surface area (Å²) in [7, 11) is 1.93. The van der Waals surface area contributed by atoms with Gasteiger partial charge in [-0.1, -0.05) is 19.1 Å². The third kappa shape index (κ3) is 2.76. The summed E-state index contributed by atoms with van der Waals surface area (Å²) >= 11 is 1.63. The second kappa shape index (κ2) is 5.59. The van der Waals surface area contributed by atoms with Crippen LogP contribution in [0.25, 0.3) is 11.3 Å². The number of hydrogen-bond acceptors (Lipinski definition) is 3. The summed E-state index contributed by atoms with van der Waals surface area (Å²) < 4.78 is 13.5. The molecule has 0 saturated heterocycles. The first-order valence-electron chi connectivity index (χ1n) is 5.98. The van der Waals surface area contributed by atoms with Gasteiger partial charge < -0.3 is 5.32 Å². The number of nitrogens with zero attached hydrogens (tertiary/aromatic N) is 1. The van der Waals surface area contributed by atoms with Crippen LogP contribution in [-0.2, 0) is 0 Å². The molecule has 96 valence electrons. The zero-order valence-electron chi connectivity index (χ0n) is 10.8. The molecular formula is C14H17FN2S. The number of halogens is 1. The van der Waals surface area contributed by atoms with Crippen LogP contribution in [-0.4, -0.2) is 18.6 Å². The number of aromatic nitrogens is 1. The van der Waals surface area contributed by atoms with Gasteiger partial charge in [-0.05, 0) is 25.6 Å². The average molecular weight is 264 g/mol. The van der Waals surface area contributed by atoms with Gasteiger partial charge in [0.15, 0.2) is 0 Å². The number of hydrogen-bond donors (Lipinski definition) is 1. The van der Waals surface area contributed by atoms with Crippen LogP contribution >= 0.6 is 11.3 Å². The van der Waals surface area contributed by atoms with Crippen LogP contribution in [0.5, 0.6) is 0 Å². The zero-order chi connectivity index (χ0) is 13.1. The molecule has 1 N–H and O–H groups in total. The van der Waals surface area contributed by atoms with Gasteiger partial charge in [-0.3, -0.25) is 0 Å². The molecule has 1 heterocycles. The summed E-state index contributed by atoms with van der Waals surface area (Å²) in [6.45, 7) is 4.80. The summed E-state index contributed by atoms with van der Waals surface area (Å²) in [6, 6.07) is 5.26. The third-order valence-corrected chi connectivity index (χ3v) is 4.00. The van der Waals surface area contributed by atoms with E-state index in [0.29, 0.717) is 11.5 Å². The maximum atomic E-state index is 13.5. The van der Waals surface area contributed by atoms with E-state index >= 15 is 0 Å². The van der Waals surface area contributed by atoms with Crippen molar-refractivity contribution in [2.45, 2.75) is 19.8 Å². The van der Waals surface area contributed by atoms with Crippen molar-refractivity contribution in [2.24, 2.45) is 0 Å². The van der Waals surface area contributed by atoms with Crippen LogP contribution in [0.4, 0.5) is 4.39 Å². The molecule has 2 aromatic rings. The van der Waals surface area contributed by atoms with E-state index in [0.717, 1.165) is 22.8 Å². The zero-order valence-corrected chi connectivity index (χ0v) is 11.6. The topological polar surface area (TPSA) is 24.9 Å². The largest absolute Gasteiger partial charge is 0.319 e. The predicted molar refractivity (Wildman–Crippen MR) is 74.6 cm³/mol. The van der Waals surface area contributed by atoms with Crippen molar-refractivity contribution < 1.29 is 4.39 Å². The lowest BCUT2D eigenvalue weighted by molar-refractivity contribution is 0.619. The minimum atomic E-state index is -0.176. The fourth-order valence-corrected chi connectivity index (χ4v) is 2.68. The minimum absolute atomic E-state index is 0.176. The fourth-order valence-electron chi connectivity index (χ4n) is 1.79. The molecule has 0 aliphatic carbocycles. The fraction of sp³-hybridized carbons (Fsp3) is 0.357. The number of rotatable bonds is 4. The first-order valence-corrected chi connectivity index (χ1v) is 6.86. The predicted octanol–water partition coefficient (Wildman–Crippen LogP) is 3.58. The number of benzene rings is 1. The van der Waals surface area contributed by atoms with Crippen molar-refractivity contribution in [2.75, 3.05) is 13.6 Å². The molecule has 2 rings (SSSR count). The van der Waals surface area contributed by atoms with Crippen LogP contribution in [0.15, 0.2) is 23.6 Å². The van der Waals surface area contributed by atoms with Gasteiger partial charge in [0.25, 0.3) is 0 Å². The first-order chi connectivity index (χ1) is 8.61. The maximum Gasteiger partial charge on any atom is 0.126 e. The van der Waals surface area contributed by atoms with E-state index < -0.39 is 0 Å². The molecule has 0 amide bonds. The van der Waals surface area contributed by atoms with Gasteiger partial charge >= 0.3 is 0 Å². The van der Waals surface area contributed by atoms with Crippen molar-refractivity contribution in [3.8, 4) is 11.3 Å². The third-order valence-electron chi connectivity index (χ3n) is 2.92. The monoisotopic (exact) mass is 264 g/mol. The Morgan fingerprint density at radius 1 is 1.44 bits per heavy atom. The van der Waals surface area contributed by atoms with Gasteiger partial charge in [0.2, 0.25) is 0 Å². The van der Waals surface area contributed by atoms with Gasteiger partial charge in [0.05, 0.1) is 10.7 Å². The quantitative estimate of drug-likeness (QED) is 0.913. The highest BCUT2D eigenvalue weighted by molar-refractivity contribution is 7.10. The van der Waals surface area contributed by atoms with E-state index in [1.807, 2.05) is 18.5 Å². The smallest absolute Gasteiger partial charge is 0.126 e. The molecule has 1 unspecified atom stereocenters. The van der Waals surface area contributed by atoms with E-state index in [2.05, 4.69) is 17.2 Å². The molecule has 18 heavy (non-hydrogen) atoms. The van der Waals surface area contributed by atoms with E-state index in [1.165, 1.54) is 0 Å². The molecule has 0 radical (unpaired) electrons. The highest BCUT2D eigenvalue weighted by atomic mass is 32.1. The standard InChI is InChI=1S/C14H17FN2S/c1-9-4-5-11(6-12(9)15)13-8-18-14(17-13)10(2)7-16-3/h4-6,8,10,16H,7H2,1-3H3. The lowest BCUT2D eigenvalue weighted by atomic mass is 10.1. The Kier molecular flexibility index (Phi) is 4.09. The van der Waals surface area contributed by atoms with E-state index in [-0.39, 0.29) is 5.82 Å². The van der Waals surface area contributed by atoms with Crippen LogP contribution in [0, 0.1) is 12.7 Å². The average Bonchev–Trinajstić information content (AvgIpc) is 2.82. The van der Waals surface area contributed by atoms with Gasteiger partial charge in [-0.25, -0.2) is 9.37 Å². The van der Waals surface area contributed by atoms with Crippen LogP contribution in [0.3, 0.4) is 0 Å². The van der Waals surface area contributed by atoms with Crippen molar-refractivity contribution in [1.82, 2.24) is 10.3 Å². The summed E-state index contributed by atoms with van der Waals surface area (Å²) in [5, 5.41) is 6.21. The molecular weight excluding hydrogens is 247 g/mol.